The summed E-state index contributed by atoms with van der Waals surface area (Å²) in [6.45, 7) is 0.212. The van der Waals surface area contributed by atoms with Crippen molar-refractivity contribution in [3.63, 3.8) is 0 Å². The molecule has 0 aliphatic rings. The van der Waals surface area contributed by atoms with Crippen molar-refractivity contribution in [2.45, 2.75) is 30.8 Å². The van der Waals surface area contributed by atoms with Crippen molar-refractivity contribution in [3.8, 4) is 0 Å². The second-order valence-electron chi connectivity index (χ2n) is 8.49. The van der Waals surface area contributed by atoms with E-state index in [9.17, 15) is 18.0 Å². The third-order valence-electron chi connectivity index (χ3n) is 5.58. The molecule has 39 heavy (non-hydrogen) atoms. The molecule has 10 heteroatoms. The van der Waals surface area contributed by atoms with Crippen LogP contribution in [0.1, 0.15) is 33.6 Å². The van der Waals surface area contributed by atoms with Gasteiger partial charge in [-0.1, -0.05) is 60.1 Å². The number of pyridine rings is 1. The van der Waals surface area contributed by atoms with Crippen LogP contribution in [0.2, 0.25) is 5.02 Å². The zero-order valence-electron chi connectivity index (χ0n) is 21.0. The van der Waals surface area contributed by atoms with Crippen LogP contribution in [-0.4, -0.2) is 34.7 Å². The number of rotatable bonds is 10. The number of carbonyl (C=O) groups is 2. The summed E-state index contributed by atoms with van der Waals surface area (Å²) >= 11 is 5.89. The molecule has 1 heterocycles. The lowest BCUT2D eigenvalue weighted by Gasteiger charge is -2.22. The first-order valence-electron chi connectivity index (χ1n) is 12.0. The Labute approximate surface area is 232 Å². The van der Waals surface area contributed by atoms with E-state index in [0.29, 0.717) is 22.7 Å². The molecule has 0 fully saturated rings. The van der Waals surface area contributed by atoms with E-state index in [2.05, 4.69) is 4.98 Å². The fraction of sp³-hybridized carbons (Fsp3) is 0.138. The molecule has 0 aliphatic carbocycles. The highest BCUT2D eigenvalue weighted by Crippen LogP contribution is 2.22. The average Bonchev–Trinajstić information content (AvgIpc) is 2.93. The number of nitrogens with two attached hydrogens (primary N) is 1. The molecule has 8 nitrogen and oxygen atoms in total. The standard InChI is InChI=1S/C20H18ClN3O3S.C9H10O2/c21-17-8-10-19(11-9-17)28(26,27)24(14-18-3-1-2-12-23-18)13-15-4-6-16(7-5-15)20(22)25;10-9(11)7-6-8-4-2-1-3-5-8/h1-12H,13-14H2,(H2,22,25);1-5H,6-7H2,(H,10,11). The van der Waals surface area contributed by atoms with Gasteiger partial charge in [0.15, 0.2) is 0 Å². The molecule has 0 spiro atoms. The quantitative estimate of drug-likeness (QED) is 0.280. The molecule has 1 aromatic heterocycles. The zero-order chi connectivity index (χ0) is 28.3. The zero-order valence-corrected chi connectivity index (χ0v) is 22.6. The number of aryl methyl sites for hydroxylation is 1. The molecule has 0 saturated heterocycles. The Hall–Kier alpha value is -4.05. The van der Waals surface area contributed by atoms with Crippen LogP contribution in [0.25, 0.3) is 0 Å². The first-order valence-corrected chi connectivity index (χ1v) is 13.8. The van der Waals surface area contributed by atoms with Crippen molar-refractivity contribution in [2.75, 3.05) is 0 Å². The maximum absolute atomic E-state index is 13.2. The summed E-state index contributed by atoms with van der Waals surface area (Å²) < 4.78 is 27.7. The number of amides is 1. The number of hydrogen-bond donors (Lipinski definition) is 2. The van der Waals surface area contributed by atoms with E-state index in [1.807, 2.05) is 30.3 Å². The number of carboxylic acids is 1. The van der Waals surface area contributed by atoms with E-state index in [1.54, 1.807) is 48.7 Å². The molecule has 0 bridgehead atoms. The van der Waals surface area contributed by atoms with E-state index in [0.717, 1.165) is 11.1 Å². The average molecular weight is 566 g/mol. The number of aliphatic carboxylic acids is 1. The minimum atomic E-state index is -3.80. The fourth-order valence-corrected chi connectivity index (χ4v) is 5.05. The van der Waals surface area contributed by atoms with E-state index in [-0.39, 0.29) is 24.4 Å². The normalized spacial score (nSPS) is 10.9. The molecule has 4 rings (SSSR count). The van der Waals surface area contributed by atoms with E-state index < -0.39 is 21.9 Å². The number of hydrogen-bond acceptors (Lipinski definition) is 5. The second kappa shape index (κ2) is 14.2. The molecule has 0 saturated carbocycles. The summed E-state index contributed by atoms with van der Waals surface area (Å²) in [5.41, 5.74) is 8.04. The van der Waals surface area contributed by atoms with Crippen molar-refractivity contribution in [1.82, 2.24) is 9.29 Å². The van der Waals surface area contributed by atoms with Gasteiger partial charge in [0.25, 0.3) is 0 Å². The second-order valence-corrected chi connectivity index (χ2v) is 10.9. The lowest BCUT2D eigenvalue weighted by atomic mass is 10.1. The highest BCUT2D eigenvalue weighted by atomic mass is 35.5. The van der Waals surface area contributed by atoms with Crippen LogP contribution in [0.4, 0.5) is 0 Å². The molecule has 1 amide bonds. The van der Waals surface area contributed by atoms with Gasteiger partial charge in [-0.25, -0.2) is 8.42 Å². The Morgan fingerprint density at radius 3 is 2.03 bits per heavy atom. The van der Waals surface area contributed by atoms with Crippen LogP contribution in [0, 0.1) is 0 Å². The molecule has 0 radical (unpaired) electrons. The predicted octanol–water partition coefficient (Wildman–Crippen LogP) is 4.93. The van der Waals surface area contributed by atoms with Gasteiger partial charge >= 0.3 is 5.97 Å². The Morgan fingerprint density at radius 2 is 1.46 bits per heavy atom. The van der Waals surface area contributed by atoms with Gasteiger partial charge < -0.3 is 10.8 Å². The minimum absolute atomic E-state index is 0.101. The Morgan fingerprint density at radius 1 is 0.821 bits per heavy atom. The molecule has 3 N–H and O–H groups in total. The highest BCUT2D eigenvalue weighted by molar-refractivity contribution is 7.89. The largest absolute Gasteiger partial charge is 0.481 e. The summed E-state index contributed by atoms with van der Waals surface area (Å²) in [7, 11) is -3.80. The number of primary amides is 1. The third-order valence-corrected chi connectivity index (χ3v) is 7.64. The summed E-state index contributed by atoms with van der Waals surface area (Å²) in [6.07, 6.45) is 2.45. The molecule has 0 unspecified atom stereocenters. The smallest absolute Gasteiger partial charge is 0.303 e. The fourth-order valence-electron chi connectivity index (χ4n) is 3.53. The summed E-state index contributed by atoms with van der Waals surface area (Å²) in [5, 5.41) is 8.83. The van der Waals surface area contributed by atoms with Crippen LogP contribution in [0.5, 0.6) is 0 Å². The van der Waals surface area contributed by atoms with E-state index >= 15 is 0 Å². The van der Waals surface area contributed by atoms with Crippen LogP contribution in [-0.2, 0) is 34.3 Å². The van der Waals surface area contributed by atoms with Crippen LogP contribution in [0.3, 0.4) is 0 Å². The van der Waals surface area contributed by atoms with Gasteiger partial charge in [0, 0.05) is 29.7 Å². The Balaban J connectivity index is 0.000000320. The van der Waals surface area contributed by atoms with Crippen molar-refractivity contribution in [1.29, 1.82) is 0 Å². The number of sulfonamides is 1. The van der Waals surface area contributed by atoms with Crippen LogP contribution >= 0.6 is 11.6 Å². The van der Waals surface area contributed by atoms with E-state index in [4.69, 9.17) is 22.4 Å². The Kier molecular flexibility index (Phi) is 10.7. The molecule has 3 aromatic carbocycles. The summed E-state index contributed by atoms with van der Waals surface area (Å²) in [5.74, 6) is -1.28. The van der Waals surface area contributed by atoms with Crippen molar-refractivity contribution < 1.29 is 23.1 Å². The molecule has 4 aromatic rings. The van der Waals surface area contributed by atoms with Gasteiger partial charge in [-0.2, -0.15) is 4.31 Å². The first kappa shape index (κ1) is 29.5. The lowest BCUT2D eigenvalue weighted by Crippen LogP contribution is -2.30. The highest BCUT2D eigenvalue weighted by Gasteiger charge is 2.25. The number of nitrogens with zero attached hydrogens (tertiary/aromatic N) is 2. The molecule has 0 atom stereocenters. The van der Waals surface area contributed by atoms with E-state index in [1.165, 1.54) is 28.6 Å². The topological polar surface area (TPSA) is 131 Å². The van der Waals surface area contributed by atoms with Gasteiger partial charge in [-0.05, 0) is 66.1 Å². The maximum Gasteiger partial charge on any atom is 0.303 e. The number of aromatic nitrogens is 1. The lowest BCUT2D eigenvalue weighted by molar-refractivity contribution is -0.136. The predicted molar refractivity (Wildman–Crippen MR) is 149 cm³/mol. The summed E-state index contributed by atoms with van der Waals surface area (Å²) in [4.78, 5) is 25.8. The van der Waals surface area contributed by atoms with Gasteiger partial charge in [0.2, 0.25) is 15.9 Å². The number of benzene rings is 3. The van der Waals surface area contributed by atoms with Crippen molar-refractivity contribution >= 4 is 33.5 Å². The minimum Gasteiger partial charge on any atom is -0.481 e. The van der Waals surface area contributed by atoms with Crippen LogP contribution < -0.4 is 5.73 Å². The number of halogens is 1. The van der Waals surface area contributed by atoms with Gasteiger partial charge in [0.1, 0.15) is 0 Å². The number of carbonyl (C=O) groups excluding carboxylic acids is 1. The summed E-state index contributed by atoms with van der Waals surface area (Å²) in [6, 6.07) is 27.5. The maximum atomic E-state index is 13.2. The van der Waals surface area contributed by atoms with Gasteiger partial charge in [-0.15, -0.1) is 0 Å². The monoisotopic (exact) mass is 565 g/mol. The SMILES string of the molecule is NC(=O)c1ccc(CN(Cc2ccccn2)S(=O)(=O)c2ccc(Cl)cc2)cc1.O=C(O)CCc1ccccc1. The molecular formula is C29H28ClN3O5S. The van der Waals surface area contributed by atoms with Gasteiger partial charge in [0.05, 0.1) is 17.1 Å². The van der Waals surface area contributed by atoms with Crippen LogP contribution in [0.15, 0.2) is 108 Å². The number of carboxylic acid groups (broad SMARTS) is 1. The third kappa shape index (κ3) is 9.33. The molecule has 202 valence electrons. The molecular weight excluding hydrogens is 538 g/mol. The van der Waals surface area contributed by atoms with Gasteiger partial charge in [-0.3, -0.25) is 14.6 Å². The van der Waals surface area contributed by atoms with Crippen molar-refractivity contribution in [2.24, 2.45) is 5.73 Å². The Bertz CT molecular complexity index is 1470. The molecule has 0 aliphatic heterocycles. The first-order chi connectivity index (χ1) is 18.6. The van der Waals surface area contributed by atoms with Crippen molar-refractivity contribution in [3.05, 3.63) is 131 Å².